The van der Waals surface area contributed by atoms with Gasteiger partial charge >= 0.3 is 17.7 Å². The van der Waals surface area contributed by atoms with Crippen LogP contribution in [0.3, 0.4) is 0 Å². The van der Waals surface area contributed by atoms with Gasteiger partial charge in [-0.3, -0.25) is 0 Å². The fraction of sp³-hybridized carbons (Fsp3) is 0.300. The van der Waals surface area contributed by atoms with Crippen LogP contribution >= 0.6 is 15.9 Å². The number of carbonyl (C=O) groups is 2. The molecule has 30 heavy (non-hydrogen) atoms. The predicted molar refractivity (Wildman–Crippen MR) is 107 cm³/mol. The number of fused-ring (bicyclic) bond motifs is 1. The van der Waals surface area contributed by atoms with Gasteiger partial charge in [-0.1, -0.05) is 0 Å². The van der Waals surface area contributed by atoms with Crippen LogP contribution in [0.2, 0.25) is 0 Å². The van der Waals surface area contributed by atoms with Crippen molar-refractivity contribution >= 4 is 27.9 Å². The fourth-order valence-electron chi connectivity index (χ4n) is 3.45. The predicted octanol–water partition coefficient (Wildman–Crippen LogP) is 2.56. The molecule has 3 rings (SSSR count). The number of carbonyl (C=O) groups excluding carboxylic acids is 1. The van der Waals surface area contributed by atoms with Crippen LogP contribution in [0.25, 0.3) is 0 Å². The SMILES string of the molecule is COc1cc2c(cc1OC)C(c1cc(Br)c(OC)c(OC)c1)C(O)(C(=O)O)OC2=O. The van der Waals surface area contributed by atoms with Gasteiger partial charge in [0.2, 0.25) is 0 Å². The zero-order valence-electron chi connectivity index (χ0n) is 16.5. The van der Waals surface area contributed by atoms with E-state index >= 15 is 0 Å². The van der Waals surface area contributed by atoms with Gasteiger partial charge in [0.05, 0.1) is 44.4 Å². The van der Waals surface area contributed by atoms with Crippen LogP contribution < -0.4 is 18.9 Å². The third-order valence-corrected chi connectivity index (χ3v) is 5.41. The molecule has 0 amide bonds. The number of ether oxygens (including phenoxy) is 5. The Bertz CT molecular complexity index is 1020. The van der Waals surface area contributed by atoms with Gasteiger partial charge in [0, 0.05) is 0 Å². The highest BCUT2D eigenvalue weighted by Gasteiger charge is 2.55. The maximum absolute atomic E-state index is 12.5. The van der Waals surface area contributed by atoms with Gasteiger partial charge in [-0.05, 0) is 51.3 Å². The molecule has 2 aromatic rings. The Morgan fingerprint density at radius 3 is 2.13 bits per heavy atom. The lowest BCUT2D eigenvalue weighted by atomic mass is 9.79. The number of cyclic esters (lactones) is 1. The van der Waals surface area contributed by atoms with E-state index in [1.807, 2.05) is 0 Å². The summed E-state index contributed by atoms with van der Waals surface area (Å²) in [6.07, 6.45) is 0. The van der Waals surface area contributed by atoms with Crippen molar-refractivity contribution in [2.45, 2.75) is 11.7 Å². The maximum atomic E-state index is 12.5. The Morgan fingerprint density at radius 2 is 1.60 bits per heavy atom. The molecule has 2 atom stereocenters. The van der Waals surface area contributed by atoms with Gasteiger partial charge in [0.15, 0.2) is 23.0 Å². The minimum Gasteiger partial charge on any atom is -0.493 e. The zero-order chi connectivity index (χ0) is 22.2. The number of aliphatic hydroxyl groups is 1. The maximum Gasteiger partial charge on any atom is 0.378 e. The number of hydrogen-bond acceptors (Lipinski definition) is 8. The molecule has 0 fully saturated rings. The quantitative estimate of drug-likeness (QED) is 0.598. The Labute approximate surface area is 180 Å². The van der Waals surface area contributed by atoms with Gasteiger partial charge in [-0.25, -0.2) is 9.59 Å². The van der Waals surface area contributed by atoms with Crippen LogP contribution in [0.15, 0.2) is 28.7 Å². The molecule has 9 nitrogen and oxygen atoms in total. The number of esters is 1. The number of carboxylic acid groups (broad SMARTS) is 1. The standard InChI is InChI=1S/C20H19BrO9/c1-26-13-7-10-11(8-14(13)27-2)18(22)30-20(25,19(23)24)16(10)9-5-12(21)17(29-4)15(6-9)28-3/h5-8,16,25H,1-4H3,(H,23,24). The second kappa shape index (κ2) is 8.04. The van der Waals surface area contributed by atoms with E-state index in [-0.39, 0.29) is 28.4 Å². The number of hydrogen-bond donors (Lipinski definition) is 2. The lowest BCUT2D eigenvalue weighted by Gasteiger charge is -2.37. The van der Waals surface area contributed by atoms with Gasteiger partial charge < -0.3 is 33.9 Å². The lowest BCUT2D eigenvalue weighted by molar-refractivity contribution is -0.211. The highest BCUT2D eigenvalue weighted by atomic mass is 79.9. The Morgan fingerprint density at radius 1 is 1.00 bits per heavy atom. The van der Waals surface area contributed by atoms with Crippen molar-refractivity contribution in [2.75, 3.05) is 28.4 Å². The van der Waals surface area contributed by atoms with E-state index < -0.39 is 23.6 Å². The molecule has 2 N–H and O–H groups in total. The summed E-state index contributed by atoms with van der Waals surface area (Å²) < 4.78 is 26.6. The van der Waals surface area contributed by atoms with Crippen molar-refractivity contribution in [2.24, 2.45) is 0 Å². The Hall–Kier alpha value is -2.98. The molecule has 2 unspecified atom stereocenters. The van der Waals surface area contributed by atoms with Crippen LogP contribution in [0.1, 0.15) is 27.4 Å². The summed E-state index contributed by atoms with van der Waals surface area (Å²) >= 11 is 3.36. The van der Waals surface area contributed by atoms with Crippen molar-refractivity contribution < 1.29 is 43.5 Å². The topological polar surface area (TPSA) is 121 Å². The van der Waals surface area contributed by atoms with E-state index in [2.05, 4.69) is 15.9 Å². The van der Waals surface area contributed by atoms with Crippen LogP contribution in [-0.2, 0) is 9.53 Å². The number of rotatable bonds is 6. The summed E-state index contributed by atoms with van der Waals surface area (Å²) in [6, 6.07) is 5.87. The fourth-order valence-corrected chi connectivity index (χ4v) is 4.08. The number of benzene rings is 2. The van der Waals surface area contributed by atoms with Gasteiger partial charge in [-0.15, -0.1) is 0 Å². The third kappa shape index (κ3) is 3.31. The number of methoxy groups -OCH3 is 4. The van der Waals surface area contributed by atoms with Gasteiger partial charge in [0.25, 0.3) is 0 Å². The minimum absolute atomic E-state index is 0.0366. The molecule has 1 aliphatic heterocycles. The Balaban J connectivity index is 2.35. The first-order chi connectivity index (χ1) is 14.2. The molecule has 0 bridgehead atoms. The van der Waals surface area contributed by atoms with Crippen LogP contribution in [0.5, 0.6) is 23.0 Å². The molecule has 2 aromatic carbocycles. The van der Waals surface area contributed by atoms with Crippen molar-refractivity contribution in [1.29, 1.82) is 0 Å². The summed E-state index contributed by atoms with van der Waals surface area (Å²) in [5.74, 6) is -5.75. The van der Waals surface area contributed by atoms with E-state index in [4.69, 9.17) is 23.7 Å². The summed E-state index contributed by atoms with van der Waals surface area (Å²) in [6.45, 7) is 0. The number of aliphatic carboxylic acids is 1. The molecule has 0 saturated heterocycles. The monoisotopic (exact) mass is 482 g/mol. The highest BCUT2D eigenvalue weighted by Crippen LogP contribution is 2.48. The number of carboxylic acids is 1. The minimum atomic E-state index is -2.87. The molecule has 1 aliphatic rings. The van der Waals surface area contributed by atoms with E-state index in [0.29, 0.717) is 15.8 Å². The van der Waals surface area contributed by atoms with Crippen LogP contribution in [0, 0.1) is 0 Å². The van der Waals surface area contributed by atoms with E-state index in [0.717, 1.165) is 0 Å². The first-order valence-corrected chi connectivity index (χ1v) is 9.37. The highest BCUT2D eigenvalue weighted by molar-refractivity contribution is 9.10. The molecule has 0 spiro atoms. The molecule has 1 heterocycles. The smallest absolute Gasteiger partial charge is 0.378 e. The van der Waals surface area contributed by atoms with E-state index in [9.17, 15) is 19.8 Å². The molecule has 0 aliphatic carbocycles. The molecule has 10 heteroatoms. The Kier molecular flexibility index (Phi) is 5.82. The van der Waals surface area contributed by atoms with Crippen LogP contribution in [-0.4, -0.2) is 56.4 Å². The molecule has 0 saturated carbocycles. The molecule has 160 valence electrons. The van der Waals surface area contributed by atoms with Crippen LogP contribution in [0.4, 0.5) is 0 Å². The molecule has 0 radical (unpaired) electrons. The third-order valence-electron chi connectivity index (χ3n) is 4.82. The summed E-state index contributed by atoms with van der Waals surface area (Å²) in [7, 11) is 5.66. The second-order valence-corrected chi connectivity index (χ2v) is 7.21. The van der Waals surface area contributed by atoms with E-state index in [1.165, 1.54) is 46.6 Å². The summed E-state index contributed by atoms with van der Waals surface area (Å²) in [5, 5.41) is 20.7. The molecular weight excluding hydrogens is 464 g/mol. The van der Waals surface area contributed by atoms with E-state index in [1.54, 1.807) is 6.07 Å². The first-order valence-electron chi connectivity index (χ1n) is 8.58. The average Bonchev–Trinajstić information content (AvgIpc) is 2.72. The van der Waals surface area contributed by atoms with Gasteiger partial charge in [-0.2, -0.15) is 0 Å². The largest absolute Gasteiger partial charge is 0.493 e. The molecule has 0 aromatic heterocycles. The summed E-state index contributed by atoms with van der Waals surface area (Å²) in [4.78, 5) is 24.5. The molecular formula is C20H19BrO9. The van der Waals surface area contributed by atoms with Crippen molar-refractivity contribution in [1.82, 2.24) is 0 Å². The van der Waals surface area contributed by atoms with Crippen molar-refractivity contribution in [3.05, 3.63) is 45.4 Å². The van der Waals surface area contributed by atoms with Gasteiger partial charge in [0.1, 0.15) is 0 Å². The lowest BCUT2D eigenvalue weighted by Crippen LogP contribution is -2.52. The zero-order valence-corrected chi connectivity index (χ0v) is 18.1. The summed E-state index contributed by atoms with van der Waals surface area (Å²) in [5.41, 5.74) is 0.521. The second-order valence-electron chi connectivity index (χ2n) is 6.36. The normalized spacial score (nSPS) is 20.1. The van der Waals surface area contributed by atoms with Crippen molar-refractivity contribution in [3.63, 3.8) is 0 Å². The first kappa shape index (κ1) is 21.7. The number of halogens is 1. The van der Waals surface area contributed by atoms with Crippen molar-refractivity contribution in [3.8, 4) is 23.0 Å². The average molecular weight is 483 g/mol.